The number of fused-ring (bicyclic) bond motifs is 1. The molecule has 1 saturated carbocycles. The average Bonchev–Trinajstić information content (AvgIpc) is 2.86. The van der Waals surface area contributed by atoms with E-state index in [1.165, 1.54) is 23.1 Å². The molecular formula is C16H18FNO3. The van der Waals surface area contributed by atoms with Crippen LogP contribution in [0.2, 0.25) is 0 Å². The average molecular weight is 291 g/mol. The van der Waals surface area contributed by atoms with Crippen molar-refractivity contribution in [1.29, 1.82) is 0 Å². The van der Waals surface area contributed by atoms with E-state index < -0.39 is 17.8 Å². The Morgan fingerprint density at radius 1 is 1.24 bits per heavy atom. The number of likely N-dealkylation sites (tertiary alicyclic amines) is 1. The normalized spacial score (nSPS) is 28.2. The highest BCUT2D eigenvalue weighted by molar-refractivity contribution is 5.97. The number of benzene rings is 1. The number of rotatable bonds is 2. The summed E-state index contributed by atoms with van der Waals surface area (Å²) in [5.41, 5.74) is 0.229. The molecule has 1 heterocycles. The summed E-state index contributed by atoms with van der Waals surface area (Å²) in [5, 5.41) is 9.41. The number of carbonyl (C=O) groups excluding carboxylic acids is 1. The van der Waals surface area contributed by atoms with E-state index in [0.29, 0.717) is 6.42 Å². The minimum absolute atomic E-state index is 0.0179. The summed E-state index contributed by atoms with van der Waals surface area (Å²) >= 11 is 0. The molecule has 1 aliphatic heterocycles. The topological polar surface area (TPSA) is 57.6 Å². The summed E-state index contributed by atoms with van der Waals surface area (Å²) in [6, 6.07) is 4.67. The predicted molar refractivity (Wildman–Crippen MR) is 74.4 cm³/mol. The van der Waals surface area contributed by atoms with Crippen LogP contribution < -0.4 is 0 Å². The molecule has 4 nitrogen and oxygen atoms in total. The number of aliphatic carboxylic acids is 1. The zero-order valence-electron chi connectivity index (χ0n) is 11.7. The molecule has 21 heavy (non-hydrogen) atoms. The highest BCUT2D eigenvalue weighted by Crippen LogP contribution is 2.40. The van der Waals surface area contributed by atoms with Gasteiger partial charge >= 0.3 is 5.97 Å². The zero-order chi connectivity index (χ0) is 15.0. The monoisotopic (exact) mass is 291 g/mol. The van der Waals surface area contributed by atoms with Crippen molar-refractivity contribution in [1.82, 2.24) is 4.90 Å². The lowest BCUT2D eigenvalue weighted by molar-refractivity contribution is -0.141. The van der Waals surface area contributed by atoms with Gasteiger partial charge in [-0.1, -0.05) is 18.9 Å². The van der Waals surface area contributed by atoms with Crippen molar-refractivity contribution in [3.63, 3.8) is 0 Å². The van der Waals surface area contributed by atoms with E-state index >= 15 is 0 Å². The van der Waals surface area contributed by atoms with Gasteiger partial charge in [0.2, 0.25) is 0 Å². The fourth-order valence-corrected chi connectivity index (χ4v) is 3.74. The minimum atomic E-state index is -0.964. The molecule has 2 fully saturated rings. The summed E-state index contributed by atoms with van der Waals surface area (Å²) in [5.74, 6) is -1.55. The Labute approximate surface area is 122 Å². The van der Waals surface area contributed by atoms with Gasteiger partial charge in [0, 0.05) is 11.6 Å². The van der Waals surface area contributed by atoms with Crippen LogP contribution in [0.15, 0.2) is 24.3 Å². The second kappa shape index (κ2) is 5.47. The molecule has 1 aromatic carbocycles. The van der Waals surface area contributed by atoms with Crippen LogP contribution in [0, 0.1) is 11.7 Å². The van der Waals surface area contributed by atoms with Gasteiger partial charge in [0.1, 0.15) is 11.9 Å². The first kappa shape index (κ1) is 14.0. The van der Waals surface area contributed by atoms with Crippen LogP contribution in [0.3, 0.4) is 0 Å². The quantitative estimate of drug-likeness (QED) is 0.911. The maximum Gasteiger partial charge on any atom is 0.326 e. The third-order valence-electron chi connectivity index (χ3n) is 4.68. The van der Waals surface area contributed by atoms with E-state index in [-0.39, 0.29) is 23.4 Å². The Morgan fingerprint density at radius 2 is 2.00 bits per heavy atom. The molecule has 1 N–H and O–H groups in total. The molecule has 5 heteroatoms. The summed E-state index contributed by atoms with van der Waals surface area (Å²) in [6.45, 7) is 0. The number of carboxylic acid groups (broad SMARTS) is 1. The van der Waals surface area contributed by atoms with E-state index in [4.69, 9.17) is 0 Å². The minimum Gasteiger partial charge on any atom is -0.480 e. The first-order chi connectivity index (χ1) is 10.1. The van der Waals surface area contributed by atoms with Crippen molar-refractivity contribution < 1.29 is 19.1 Å². The van der Waals surface area contributed by atoms with E-state index in [1.54, 1.807) is 6.07 Å². The van der Waals surface area contributed by atoms with Crippen LogP contribution in [0.4, 0.5) is 4.39 Å². The molecule has 0 radical (unpaired) electrons. The van der Waals surface area contributed by atoms with Crippen LogP contribution in [-0.2, 0) is 4.79 Å². The van der Waals surface area contributed by atoms with Crippen molar-refractivity contribution in [2.24, 2.45) is 5.92 Å². The van der Waals surface area contributed by atoms with Gasteiger partial charge in [-0.25, -0.2) is 9.18 Å². The lowest BCUT2D eigenvalue weighted by Crippen LogP contribution is -2.46. The van der Waals surface area contributed by atoms with Crippen molar-refractivity contribution in [3.8, 4) is 0 Å². The SMILES string of the molecule is O=C(O)[C@@H]1C[C@@H]2CCCC[C@@H]2N1C(=O)c1cccc(F)c1. The van der Waals surface area contributed by atoms with E-state index in [1.807, 2.05) is 0 Å². The van der Waals surface area contributed by atoms with Crippen molar-refractivity contribution >= 4 is 11.9 Å². The summed E-state index contributed by atoms with van der Waals surface area (Å²) in [4.78, 5) is 25.6. The van der Waals surface area contributed by atoms with Crippen molar-refractivity contribution in [2.45, 2.75) is 44.2 Å². The maximum absolute atomic E-state index is 13.3. The van der Waals surface area contributed by atoms with Gasteiger partial charge in [0.05, 0.1) is 0 Å². The predicted octanol–water partition coefficient (Wildman–Crippen LogP) is 2.68. The Morgan fingerprint density at radius 3 is 2.71 bits per heavy atom. The van der Waals surface area contributed by atoms with Gasteiger partial charge in [-0.15, -0.1) is 0 Å². The van der Waals surface area contributed by atoms with Crippen molar-refractivity contribution in [2.75, 3.05) is 0 Å². The van der Waals surface area contributed by atoms with Crippen LogP contribution in [-0.4, -0.2) is 34.0 Å². The Bertz CT molecular complexity index is 574. The van der Waals surface area contributed by atoms with Crippen LogP contribution >= 0.6 is 0 Å². The molecule has 1 saturated heterocycles. The van der Waals surface area contributed by atoms with Gasteiger partial charge in [-0.05, 0) is 43.4 Å². The van der Waals surface area contributed by atoms with Crippen LogP contribution in [0.25, 0.3) is 0 Å². The molecule has 0 spiro atoms. The molecule has 1 aromatic rings. The first-order valence-electron chi connectivity index (χ1n) is 7.39. The smallest absolute Gasteiger partial charge is 0.326 e. The summed E-state index contributed by atoms with van der Waals surface area (Å²) in [6.07, 6.45) is 4.44. The molecular weight excluding hydrogens is 273 g/mol. The zero-order valence-corrected chi connectivity index (χ0v) is 11.7. The van der Waals surface area contributed by atoms with E-state index in [0.717, 1.165) is 25.7 Å². The largest absolute Gasteiger partial charge is 0.480 e. The third kappa shape index (κ3) is 2.52. The third-order valence-corrected chi connectivity index (χ3v) is 4.68. The Kier molecular flexibility index (Phi) is 3.66. The molecule has 3 rings (SSSR count). The number of amides is 1. The molecule has 3 atom stereocenters. The second-order valence-corrected chi connectivity index (χ2v) is 5.92. The summed E-state index contributed by atoms with van der Waals surface area (Å²) < 4.78 is 13.3. The first-order valence-corrected chi connectivity index (χ1v) is 7.39. The maximum atomic E-state index is 13.3. The highest BCUT2D eigenvalue weighted by atomic mass is 19.1. The molecule has 2 aliphatic rings. The molecule has 1 amide bonds. The molecule has 0 bridgehead atoms. The van der Waals surface area contributed by atoms with Gasteiger partial charge in [0.25, 0.3) is 5.91 Å². The van der Waals surface area contributed by atoms with Crippen LogP contribution in [0.1, 0.15) is 42.5 Å². The van der Waals surface area contributed by atoms with Crippen LogP contribution in [0.5, 0.6) is 0 Å². The summed E-state index contributed by atoms with van der Waals surface area (Å²) in [7, 11) is 0. The number of halogens is 1. The molecule has 0 unspecified atom stereocenters. The van der Waals surface area contributed by atoms with Gasteiger partial charge < -0.3 is 10.0 Å². The lowest BCUT2D eigenvalue weighted by atomic mass is 9.84. The fourth-order valence-electron chi connectivity index (χ4n) is 3.74. The standard InChI is InChI=1S/C16H18FNO3/c17-12-6-3-5-11(8-12)15(19)18-13-7-2-1-4-10(13)9-14(18)16(20)21/h3,5-6,8,10,13-14H,1-2,4,7,9H2,(H,20,21)/t10-,13-,14-/m0/s1. The Hall–Kier alpha value is -1.91. The van der Waals surface area contributed by atoms with Gasteiger partial charge in [-0.3, -0.25) is 4.79 Å². The number of hydrogen-bond donors (Lipinski definition) is 1. The molecule has 0 aromatic heterocycles. The van der Waals surface area contributed by atoms with Crippen molar-refractivity contribution in [3.05, 3.63) is 35.6 Å². The van der Waals surface area contributed by atoms with Gasteiger partial charge in [-0.2, -0.15) is 0 Å². The highest BCUT2D eigenvalue weighted by Gasteiger charge is 2.47. The number of nitrogens with zero attached hydrogens (tertiary/aromatic N) is 1. The van der Waals surface area contributed by atoms with E-state index in [2.05, 4.69) is 0 Å². The fraction of sp³-hybridized carbons (Fsp3) is 0.500. The van der Waals surface area contributed by atoms with Gasteiger partial charge in [0.15, 0.2) is 0 Å². The Balaban J connectivity index is 1.92. The second-order valence-electron chi connectivity index (χ2n) is 5.92. The molecule has 1 aliphatic carbocycles. The lowest BCUT2D eigenvalue weighted by Gasteiger charge is -2.33. The molecule has 112 valence electrons. The van der Waals surface area contributed by atoms with E-state index in [9.17, 15) is 19.1 Å². The number of hydrogen-bond acceptors (Lipinski definition) is 2. The number of carboxylic acids is 1. The number of carbonyl (C=O) groups is 2.